The van der Waals surface area contributed by atoms with Gasteiger partial charge in [0.1, 0.15) is 6.26 Å². The van der Waals surface area contributed by atoms with Crippen molar-refractivity contribution in [1.29, 1.82) is 0 Å². The number of nitrogens with zero attached hydrogens (tertiary/aromatic N) is 2. The number of carbonyl (C=O) groups excluding carboxylic acids is 1. The van der Waals surface area contributed by atoms with Gasteiger partial charge in [-0.25, -0.2) is 4.98 Å². The number of hydrogen-bond acceptors (Lipinski definition) is 5. The number of amides is 1. The summed E-state index contributed by atoms with van der Waals surface area (Å²) in [6.45, 7) is 2.82. The van der Waals surface area contributed by atoms with E-state index in [1.54, 1.807) is 7.11 Å². The fourth-order valence-electron chi connectivity index (χ4n) is 3.31. The van der Waals surface area contributed by atoms with E-state index in [4.69, 9.17) is 13.9 Å². The van der Waals surface area contributed by atoms with Crippen LogP contribution in [0.3, 0.4) is 0 Å². The summed E-state index contributed by atoms with van der Waals surface area (Å²) in [5.41, 5.74) is 2.52. The summed E-state index contributed by atoms with van der Waals surface area (Å²) in [7, 11) is 1.60. The van der Waals surface area contributed by atoms with Crippen LogP contribution in [0, 0.1) is 6.92 Å². The maximum absolute atomic E-state index is 12.8. The van der Waals surface area contributed by atoms with E-state index >= 15 is 0 Å². The molecule has 1 saturated heterocycles. The average Bonchev–Trinajstić information content (AvgIpc) is 3.16. The molecule has 1 aliphatic heterocycles. The molecular weight excluding hydrogens is 356 g/mol. The number of ether oxygens (including phenoxy) is 2. The van der Waals surface area contributed by atoms with Crippen LogP contribution < -0.4 is 9.47 Å². The van der Waals surface area contributed by atoms with E-state index in [-0.39, 0.29) is 18.6 Å². The highest BCUT2D eigenvalue weighted by atomic mass is 16.5. The first-order chi connectivity index (χ1) is 13.7. The normalized spacial score (nSPS) is 15.8. The Kier molecular flexibility index (Phi) is 5.02. The van der Waals surface area contributed by atoms with Crippen LogP contribution in [0.4, 0.5) is 0 Å². The van der Waals surface area contributed by atoms with Gasteiger partial charge < -0.3 is 18.8 Å². The molecule has 2 heterocycles. The minimum absolute atomic E-state index is 0.0990. The molecule has 0 aliphatic carbocycles. The molecule has 6 nitrogen and oxygen atoms in total. The van der Waals surface area contributed by atoms with Gasteiger partial charge in [0.15, 0.2) is 23.8 Å². The van der Waals surface area contributed by atoms with E-state index in [2.05, 4.69) is 4.98 Å². The molecule has 1 atom stereocenters. The summed E-state index contributed by atoms with van der Waals surface area (Å²) < 4.78 is 16.5. The van der Waals surface area contributed by atoms with Crippen molar-refractivity contribution in [3.63, 3.8) is 0 Å². The molecule has 0 saturated carbocycles. The van der Waals surface area contributed by atoms with Crippen LogP contribution in [-0.2, 0) is 6.61 Å². The first-order valence-corrected chi connectivity index (χ1v) is 9.23. The first-order valence-electron chi connectivity index (χ1n) is 9.23. The standard InChI is InChI=1S/C22H22N2O4/c1-15-8-9-19(20(12-15)26-2)27-14-21-23-17(13-28-21)22(25)24-11-10-18(24)16-6-4-3-5-7-16/h3-9,12-13,18H,10-11,14H2,1-2H3/t18-/m0/s1. The molecule has 1 aliphatic rings. The highest BCUT2D eigenvalue weighted by molar-refractivity contribution is 5.92. The zero-order valence-corrected chi connectivity index (χ0v) is 15.9. The van der Waals surface area contributed by atoms with Gasteiger partial charge in [0.05, 0.1) is 13.2 Å². The highest BCUT2D eigenvalue weighted by Gasteiger charge is 2.35. The Morgan fingerprint density at radius 2 is 2.04 bits per heavy atom. The van der Waals surface area contributed by atoms with Gasteiger partial charge in [-0.2, -0.15) is 0 Å². The van der Waals surface area contributed by atoms with Crippen LogP contribution in [0.25, 0.3) is 0 Å². The minimum Gasteiger partial charge on any atom is -0.493 e. The Labute approximate surface area is 163 Å². The van der Waals surface area contributed by atoms with Crippen LogP contribution in [0.15, 0.2) is 59.2 Å². The lowest BCUT2D eigenvalue weighted by atomic mass is 9.94. The molecule has 4 rings (SSSR count). The molecular formula is C22H22N2O4. The number of oxazole rings is 1. The SMILES string of the molecule is COc1cc(C)ccc1OCc1nc(C(=O)N2CC[C@H]2c2ccccc2)co1. The molecule has 0 unspecified atom stereocenters. The second kappa shape index (κ2) is 7.76. The third-order valence-electron chi connectivity index (χ3n) is 4.91. The van der Waals surface area contributed by atoms with Crippen molar-refractivity contribution in [2.75, 3.05) is 13.7 Å². The van der Waals surface area contributed by atoms with Crippen molar-refractivity contribution in [1.82, 2.24) is 9.88 Å². The maximum atomic E-state index is 12.8. The number of rotatable bonds is 6. The zero-order valence-electron chi connectivity index (χ0n) is 15.9. The predicted octanol–water partition coefficient (Wildman–Crippen LogP) is 4.16. The van der Waals surface area contributed by atoms with Gasteiger partial charge in [-0.05, 0) is 36.6 Å². The zero-order chi connectivity index (χ0) is 19.5. The fourth-order valence-corrected chi connectivity index (χ4v) is 3.31. The average molecular weight is 378 g/mol. The molecule has 1 amide bonds. The van der Waals surface area contributed by atoms with E-state index in [0.717, 1.165) is 24.1 Å². The number of hydrogen-bond donors (Lipinski definition) is 0. The van der Waals surface area contributed by atoms with Gasteiger partial charge in [0, 0.05) is 6.54 Å². The second-order valence-electron chi connectivity index (χ2n) is 6.78. The highest BCUT2D eigenvalue weighted by Crippen LogP contribution is 2.34. The lowest BCUT2D eigenvalue weighted by molar-refractivity contribution is 0.0454. The molecule has 0 bridgehead atoms. The molecule has 0 radical (unpaired) electrons. The van der Waals surface area contributed by atoms with Crippen molar-refractivity contribution in [2.45, 2.75) is 26.0 Å². The summed E-state index contributed by atoms with van der Waals surface area (Å²) >= 11 is 0. The fraction of sp³-hybridized carbons (Fsp3) is 0.273. The monoisotopic (exact) mass is 378 g/mol. The third-order valence-corrected chi connectivity index (χ3v) is 4.91. The smallest absolute Gasteiger partial charge is 0.276 e. The molecule has 1 fully saturated rings. The van der Waals surface area contributed by atoms with Crippen molar-refractivity contribution < 1.29 is 18.7 Å². The van der Waals surface area contributed by atoms with E-state index in [1.165, 1.54) is 6.26 Å². The number of methoxy groups -OCH3 is 1. The lowest BCUT2D eigenvalue weighted by Gasteiger charge is -2.40. The summed E-state index contributed by atoms with van der Waals surface area (Å²) in [6, 6.07) is 15.8. The first kappa shape index (κ1) is 18.1. The molecule has 6 heteroatoms. The van der Waals surface area contributed by atoms with E-state index in [9.17, 15) is 4.79 Å². The van der Waals surface area contributed by atoms with Crippen LogP contribution in [0.1, 0.15) is 40.0 Å². The predicted molar refractivity (Wildman–Crippen MR) is 103 cm³/mol. The Hall–Kier alpha value is -3.28. The molecule has 2 aromatic carbocycles. The summed E-state index contributed by atoms with van der Waals surface area (Å²) in [6.07, 6.45) is 2.35. The van der Waals surface area contributed by atoms with E-state index < -0.39 is 0 Å². The van der Waals surface area contributed by atoms with Crippen molar-refractivity contribution in [3.8, 4) is 11.5 Å². The quantitative estimate of drug-likeness (QED) is 0.644. The van der Waals surface area contributed by atoms with Gasteiger partial charge in [0.25, 0.3) is 5.91 Å². The Morgan fingerprint density at radius 1 is 1.21 bits per heavy atom. The third kappa shape index (κ3) is 3.58. The van der Waals surface area contributed by atoms with E-state index in [0.29, 0.717) is 23.1 Å². The van der Waals surface area contributed by atoms with Gasteiger partial charge in [0.2, 0.25) is 5.89 Å². The summed E-state index contributed by atoms with van der Waals surface area (Å²) in [5.74, 6) is 1.48. The molecule has 144 valence electrons. The topological polar surface area (TPSA) is 64.8 Å². The number of aryl methyl sites for hydroxylation is 1. The maximum Gasteiger partial charge on any atom is 0.276 e. The molecule has 1 aromatic heterocycles. The van der Waals surface area contributed by atoms with Crippen LogP contribution in [-0.4, -0.2) is 29.4 Å². The molecule has 3 aromatic rings. The molecule has 28 heavy (non-hydrogen) atoms. The van der Waals surface area contributed by atoms with Crippen LogP contribution in [0.5, 0.6) is 11.5 Å². The van der Waals surface area contributed by atoms with Crippen LogP contribution in [0.2, 0.25) is 0 Å². The van der Waals surface area contributed by atoms with Gasteiger partial charge in [-0.1, -0.05) is 36.4 Å². The number of carbonyl (C=O) groups is 1. The van der Waals surface area contributed by atoms with E-state index in [1.807, 2.05) is 60.4 Å². The van der Waals surface area contributed by atoms with Gasteiger partial charge in [-0.15, -0.1) is 0 Å². The second-order valence-corrected chi connectivity index (χ2v) is 6.78. The number of likely N-dealkylation sites (tertiary alicyclic amines) is 1. The minimum atomic E-state index is -0.122. The Balaban J connectivity index is 1.41. The Morgan fingerprint density at radius 3 is 2.75 bits per heavy atom. The molecule has 0 spiro atoms. The van der Waals surface area contributed by atoms with Crippen LogP contribution >= 0.6 is 0 Å². The van der Waals surface area contributed by atoms with Gasteiger partial charge in [-0.3, -0.25) is 4.79 Å². The van der Waals surface area contributed by atoms with Crippen molar-refractivity contribution in [2.24, 2.45) is 0 Å². The summed E-state index contributed by atoms with van der Waals surface area (Å²) in [5, 5.41) is 0. The van der Waals surface area contributed by atoms with Crippen molar-refractivity contribution in [3.05, 3.63) is 77.5 Å². The van der Waals surface area contributed by atoms with Gasteiger partial charge >= 0.3 is 0 Å². The molecule has 0 N–H and O–H groups in total. The largest absolute Gasteiger partial charge is 0.493 e. The summed E-state index contributed by atoms with van der Waals surface area (Å²) in [4.78, 5) is 18.9. The lowest BCUT2D eigenvalue weighted by Crippen LogP contribution is -2.45. The number of aromatic nitrogens is 1. The van der Waals surface area contributed by atoms with Crippen molar-refractivity contribution >= 4 is 5.91 Å². The Bertz CT molecular complexity index is 968. The number of benzene rings is 2.